The van der Waals surface area contributed by atoms with Crippen molar-refractivity contribution in [3.63, 3.8) is 0 Å². The van der Waals surface area contributed by atoms with Gasteiger partial charge in [0, 0.05) is 22.1 Å². The number of amides is 1. The minimum absolute atomic E-state index is 0.0140. The molecule has 1 amide bonds. The number of hydrogen-bond donors (Lipinski definition) is 0. The van der Waals surface area contributed by atoms with Crippen molar-refractivity contribution < 1.29 is 9.18 Å². The fourth-order valence-electron chi connectivity index (χ4n) is 2.95. The van der Waals surface area contributed by atoms with Crippen LogP contribution < -0.4 is 4.90 Å². The van der Waals surface area contributed by atoms with E-state index >= 15 is 0 Å². The minimum atomic E-state index is -0.307. The average molecular weight is 457 g/mol. The van der Waals surface area contributed by atoms with E-state index in [1.54, 1.807) is 22.7 Å². The third kappa shape index (κ3) is 5.19. The number of halogens is 2. The number of aromatic nitrogens is 1. The zero-order chi connectivity index (χ0) is 20.9. The van der Waals surface area contributed by atoms with Crippen LogP contribution >= 0.6 is 34.7 Å². The molecule has 0 aliphatic rings. The van der Waals surface area contributed by atoms with Crippen molar-refractivity contribution in [2.75, 3.05) is 10.7 Å². The Hall–Kier alpha value is -2.41. The van der Waals surface area contributed by atoms with Crippen LogP contribution in [0.15, 0.2) is 77.7 Å². The van der Waals surface area contributed by atoms with Gasteiger partial charge in [-0.3, -0.25) is 9.69 Å². The number of carbonyl (C=O) groups is 1. The van der Waals surface area contributed by atoms with Gasteiger partial charge in [0.1, 0.15) is 5.82 Å². The standard InChI is InChI=1S/C23H18ClFN2OS2/c24-17-6-9-19(10-7-17)29-13-12-22(28)27(15-16-4-2-1-3-5-16)23-26-20-11-8-18(25)14-21(20)30-23/h1-11,14H,12-13,15H2. The van der Waals surface area contributed by atoms with Gasteiger partial charge >= 0.3 is 0 Å². The van der Waals surface area contributed by atoms with Crippen molar-refractivity contribution >= 4 is 56.0 Å². The van der Waals surface area contributed by atoms with Crippen molar-refractivity contribution in [2.24, 2.45) is 0 Å². The quantitative estimate of drug-likeness (QED) is 0.286. The Balaban J connectivity index is 1.52. The smallest absolute Gasteiger partial charge is 0.229 e. The Morgan fingerprint density at radius 1 is 1.07 bits per heavy atom. The number of nitrogens with zero attached hydrogens (tertiary/aromatic N) is 2. The topological polar surface area (TPSA) is 33.2 Å². The third-order valence-corrected chi connectivity index (χ3v) is 6.76. The molecular weight excluding hydrogens is 439 g/mol. The van der Waals surface area contributed by atoms with Gasteiger partial charge in [-0.25, -0.2) is 9.37 Å². The lowest BCUT2D eigenvalue weighted by Gasteiger charge is -2.20. The number of carbonyl (C=O) groups excluding carboxylic acids is 1. The van der Waals surface area contributed by atoms with Crippen LogP contribution in [0.4, 0.5) is 9.52 Å². The Kier molecular flexibility index (Phi) is 6.67. The molecule has 152 valence electrons. The molecule has 0 aliphatic heterocycles. The van der Waals surface area contributed by atoms with Crippen LogP contribution in [0.1, 0.15) is 12.0 Å². The van der Waals surface area contributed by atoms with E-state index in [1.807, 2.05) is 54.6 Å². The molecule has 0 N–H and O–H groups in total. The maximum absolute atomic E-state index is 13.6. The van der Waals surface area contributed by atoms with Gasteiger partial charge in [-0.05, 0) is 48.0 Å². The van der Waals surface area contributed by atoms with E-state index in [4.69, 9.17) is 11.6 Å². The van der Waals surface area contributed by atoms with E-state index in [-0.39, 0.29) is 11.7 Å². The summed E-state index contributed by atoms with van der Waals surface area (Å²) in [5, 5.41) is 1.28. The molecule has 0 radical (unpaired) electrons. The zero-order valence-electron chi connectivity index (χ0n) is 15.9. The summed E-state index contributed by atoms with van der Waals surface area (Å²) in [5.41, 5.74) is 1.71. The van der Waals surface area contributed by atoms with Gasteiger partial charge in [-0.15, -0.1) is 11.8 Å². The maximum atomic E-state index is 13.6. The van der Waals surface area contributed by atoms with Crippen molar-refractivity contribution in [1.82, 2.24) is 4.98 Å². The summed E-state index contributed by atoms with van der Waals surface area (Å²) in [5.74, 6) is 0.323. The normalized spacial score (nSPS) is 11.0. The Labute approximate surface area is 187 Å². The van der Waals surface area contributed by atoms with Crippen LogP contribution in [0.3, 0.4) is 0 Å². The van der Waals surface area contributed by atoms with E-state index in [1.165, 1.54) is 23.5 Å². The molecule has 4 aromatic rings. The second kappa shape index (κ2) is 9.60. The largest absolute Gasteiger partial charge is 0.284 e. The summed E-state index contributed by atoms with van der Waals surface area (Å²) in [4.78, 5) is 20.5. The Morgan fingerprint density at radius 3 is 2.60 bits per heavy atom. The molecule has 0 saturated heterocycles. The highest BCUT2D eigenvalue weighted by atomic mass is 35.5. The van der Waals surface area contributed by atoms with Crippen molar-refractivity contribution in [3.8, 4) is 0 Å². The molecule has 3 nitrogen and oxygen atoms in total. The molecule has 0 bridgehead atoms. The third-order valence-electron chi connectivity index (χ3n) is 4.45. The Bertz CT molecular complexity index is 1150. The number of fused-ring (bicyclic) bond motifs is 1. The minimum Gasteiger partial charge on any atom is -0.284 e. The van der Waals surface area contributed by atoms with Crippen molar-refractivity contribution in [3.05, 3.63) is 89.2 Å². The van der Waals surface area contributed by atoms with Crippen molar-refractivity contribution in [2.45, 2.75) is 17.9 Å². The fourth-order valence-corrected chi connectivity index (χ4v) is 4.93. The number of rotatable bonds is 7. The van der Waals surface area contributed by atoms with Crippen LogP contribution in [0.25, 0.3) is 10.2 Å². The van der Waals surface area contributed by atoms with Crippen LogP contribution in [-0.2, 0) is 11.3 Å². The van der Waals surface area contributed by atoms with Gasteiger partial charge in [0.25, 0.3) is 0 Å². The fraction of sp³-hybridized carbons (Fsp3) is 0.130. The summed E-state index contributed by atoms with van der Waals surface area (Å²) in [7, 11) is 0. The highest BCUT2D eigenvalue weighted by Crippen LogP contribution is 2.31. The van der Waals surface area contributed by atoms with E-state index in [2.05, 4.69) is 4.98 Å². The molecule has 0 saturated carbocycles. The summed E-state index contributed by atoms with van der Waals surface area (Å²) in [6.45, 7) is 0.424. The van der Waals surface area contributed by atoms with Crippen LogP contribution in [0.2, 0.25) is 5.02 Å². The van der Waals surface area contributed by atoms with Gasteiger partial charge in [0.15, 0.2) is 5.13 Å². The molecule has 0 unspecified atom stereocenters. The average Bonchev–Trinajstić information content (AvgIpc) is 3.17. The molecule has 30 heavy (non-hydrogen) atoms. The summed E-state index contributed by atoms with van der Waals surface area (Å²) in [6.07, 6.45) is 0.365. The molecule has 4 rings (SSSR count). The molecule has 1 heterocycles. The van der Waals surface area contributed by atoms with Gasteiger partial charge in [0.2, 0.25) is 5.91 Å². The molecule has 7 heteroatoms. The lowest BCUT2D eigenvalue weighted by molar-refractivity contribution is -0.118. The van der Waals surface area contributed by atoms with E-state index in [0.29, 0.717) is 34.4 Å². The predicted molar refractivity (Wildman–Crippen MR) is 124 cm³/mol. The number of thioether (sulfide) groups is 1. The molecule has 3 aromatic carbocycles. The van der Waals surface area contributed by atoms with Gasteiger partial charge < -0.3 is 0 Å². The first-order chi connectivity index (χ1) is 14.6. The van der Waals surface area contributed by atoms with E-state index in [9.17, 15) is 9.18 Å². The maximum Gasteiger partial charge on any atom is 0.229 e. The molecule has 0 atom stereocenters. The van der Waals surface area contributed by atoms with Crippen molar-refractivity contribution in [1.29, 1.82) is 0 Å². The van der Waals surface area contributed by atoms with Gasteiger partial charge in [-0.2, -0.15) is 0 Å². The molecule has 0 spiro atoms. The first kappa shape index (κ1) is 20.8. The summed E-state index contributed by atoms with van der Waals surface area (Å²) in [6, 6.07) is 21.9. The second-order valence-corrected chi connectivity index (χ2v) is 9.24. The van der Waals surface area contributed by atoms with Gasteiger partial charge in [0.05, 0.1) is 16.8 Å². The monoisotopic (exact) mass is 456 g/mol. The molecule has 0 fully saturated rings. The highest BCUT2D eigenvalue weighted by molar-refractivity contribution is 7.99. The Morgan fingerprint density at radius 2 is 1.83 bits per heavy atom. The van der Waals surface area contributed by atoms with Gasteiger partial charge in [-0.1, -0.05) is 53.3 Å². The first-order valence-electron chi connectivity index (χ1n) is 9.37. The second-order valence-electron chi connectivity index (χ2n) is 6.63. The lowest BCUT2D eigenvalue weighted by Crippen LogP contribution is -2.30. The number of hydrogen-bond acceptors (Lipinski definition) is 4. The lowest BCUT2D eigenvalue weighted by atomic mass is 10.2. The van der Waals surface area contributed by atoms with E-state index in [0.717, 1.165) is 15.2 Å². The number of benzene rings is 3. The van der Waals surface area contributed by atoms with E-state index < -0.39 is 0 Å². The highest BCUT2D eigenvalue weighted by Gasteiger charge is 2.20. The molecular formula is C23H18ClFN2OS2. The summed E-state index contributed by atoms with van der Waals surface area (Å²) >= 11 is 8.87. The SMILES string of the molecule is O=C(CCSc1ccc(Cl)cc1)N(Cc1ccccc1)c1nc2ccc(F)cc2s1. The molecule has 0 aliphatic carbocycles. The van der Waals surface area contributed by atoms with Crippen LogP contribution in [-0.4, -0.2) is 16.6 Å². The van der Waals surface area contributed by atoms with Crippen LogP contribution in [0, 0.1) is 5.82 Å². The first-order valence-corrected chi connectivity index (χ1v) is 11.6. The zero-order valence-corrected chi connectivity index (χ0v) is 18.3. The summed E-state index contributed by atoms with van der Waals surface area (Å²) < 4.78 is 14.3. The number of anilines is 1. The molecule has 1 aromatic heterocycles. The van der Waals surface area contributed by atoms with Crippen LogP contribution in [0.5, 0.6) is 0 Å². The number of thiazole rings is 1. The predicted octanol–water partition coefficient (Wildman–Crippen LogP) is 6.80.